The van der Waals surface area contributed by atoms with E-state index in [1.807, 2.05) is 30.3 Å². The molecule has 2 heterocycles. The topological polar surface area (TPSA) is 104 Å². The minimum atomic E-state index is -0.277. The molecule has 1 amide bonds. The molecule has 0 aliphatic carbocycles. The molecular weight excluding hydrogens is 408 g/mol. The number of nitrogens with zero attached hydrogens (tertiary/aromatic N) is 5. The van der Waals surface area contributed by atoms with Crippen LogP contribution in [0.2, 0.25) is 0 Å². The van der Waals surface area contributed by atoms with Crippen LogP contribution in [0, 0.1) is 0 Å². The average molecular weight is 430 g/mol. The number of carbonyl (C=O) groups is 1. The number of methoxy groups -OCH3 is 1. The number of rotatable bonds is 9. The zero-order chi connectivity index (χ0) is 22.3. The Morgan fingerprint density at radius 1 is 1.12 bits per heavy atom. The highest BCUT2D eigenvalue weighted by molar-refractivity contribution is 6.00. The third-order valence-corrected chi connectivity index (χ3v) is 4.67. The smallest absolute Gasteiger partial charge is 0.247 e. The Morgan fingerprint density at radius 2 is 1.97 bits per heavy atom. The lowest BCUT2D eigenvalue weighted by atomic mass is 10.1. The number of benzene rings is 2. The molecule has 0 unspecified atom stereocenters. The molecule has 162 valence electrons. The summed E-state index contributed by atoms with van der Waals surface area (Å²) in [5.74, 6) is 1.62. The predicted molar refractivity (Wildman–Crippen MR) is 120 cm³/mol. The molecule has 9 nitrogen and oxygen atoms in total. The van der Waals surface area contributed by atoms with Crippen molar-refractivity contribution in [1.82, 2.24) is 24.5 Å². The van der Waals surface area contributed by atoms with Crippen LogP contribution in [0.3, 0.4) is 0 Å². The van der Waals surface area contributed by atoms with Crippen LogP contribution in [0.1, 0.15) is 11.4 Å². The van der Waals surface area contributed by atoms with E-state index in [9.17, 15) is 4.79 Å². The summed E-state index contributed by atoms with van der Waals surface area (Å²) in [6.07, 6.45) is 4.91. The monoisotopic (exact) mass is 430 g/mol. The molecule has 0 saturated heterocycles. The van der Waals surface area contributed by atoms with Crippen LogP contribution in [-0.2, 0) is 16.0 Å². The zero-order valence-electron chi connectivity index (χ0n) is 17.6. The molecule has 0 saturated carbocycles. The maximum Gasteiger partial charge on any atom is 0.247 e. The summed E-state index contributed by atoms with van der Waals surface area (Å²) >= 11 is 0. The molecule has 2 aromatic heterocycles. The molecule has 0 fully saturated rings. The van der Waals surface area contributed by atoms with Gasteiger partial charge in [0.15, 0.2) is 0 Å². The molecule has 9 heteroatoms. The largest absolute Gasteiger partial charge is 0.491 e. The van der Waals surface area contributed by atoms with Gasteiger partial charge in [0.1, 0.15) is 30.8 Å². The molecule has 0 spiro atoms. The maximum atomic E-state index is 11.5. The van der Waals surface area contributed by atoms with Gasteiger partial charge in [-0.2, -0.15) is 4.98 Å². The minimum absolute atomic E-state index is 0.277. The average Bonchev–Trinajstić information content (AvgIpc) is 3.24. The van der Waals surface area contributed by atoms with Crippen molar-refractivity contribution in [2.45, 2.75) is 6.42 Å². The number of ether oxygens (including phenoxy) is 2. The third kappa shape index (κ3) is 4.96. The fourth-order valence-electron chi connectivity index (χ4n) is 3.09. The second-order valence-corrected chi connectivity index (χ2v) is 6.88. The first kappa shape index (κ1) is 21.1. The summed E-state index contributed by atoms with van der Waals surface area (Å²) < 4.78 is 12.4. The van der Waals surface area contributed by atoms with Crippen molar-refractivity contribution in [1.29, 1.82) is 0 Å². The Kier molecular flexibility index (Phi) is 6.47. The van der Waals surface area contributed by atoms with Crippen molar-refractivity contribution in [2.24, 2.45) is 0 Å². The Labute approximate surface area is 184 Å². The van der Waals surface area contributed by atoms with Crippen LogP contribution in [0.15, 0.2) is 67.8 Å². The van der Waals surface area contributed by atoms with Crippen molar-refractivity contribution in [3.8, 4) is 11.7 Å². The number of anilines is 1. The van der Waals surface area contributed by atoms with Gasteiger partial charge < -0.3 is 14.8 Å². The third-order valence-electron chi connectivity index (χ3n) is 4.67. The van der Waals surface area contributed by atoms with Gasteiger partial charge in [0.05, 0.1) is 17.6 Å². The number of carbonyl (C=O) groups excluding carboxylic acids is 1. The zero-order valence-corrected chi connectivity index (χ0v) is 17.6. The lowest BCUT2D eigenvalue weighted by Crippen LogP contribution is -2.07. The van der Waals surface area contributed by atoms with Crippen molar-refractivity contribution < 1.29 is 14.3 Å². The number of hydrogen-bond acceptors (Lipinski definition) is 7. The van der Waals surface area contributed by atoms with Crippen molar-refractivity contribution >= 4 is 22.6 Å². The molecule has 4 aromatic rings. The summed E-state index contributed by atoms with van der Waals surface area (Å²) in [6.45, 7) is 4.51. The van der Waals surface area contributed by atoms with E-state index in [2.05, 4.69) is 31.8 Å². The van der Waals surface area contributed by atoms with Crippen LogP contribution < -0.4 is 10.1 Å². The molecule has 0 bridgehead atoms. The van der Waals surface area contributed by atoms with Crippen LogP contribution in [0.25, 0.3) is 17.0 Å². The number of fused-ring (bicyclic) bond motifs is 1. The van der Waals surface area contributed by atoms with E-state index in [0.717, 1.165) is 16.8 Å². The summed E-state index contributed by atoms with van der Waals surface area (Å²) in [5.41, 5.74) is 3.21. The summed E-state index contributed by atoms with van der Waals surface area (Å²) in [6, 6.07) is 13.2. The van der Waals surface area contributed by atoms with Gasteiger partial charge in [-0.3, -0.25) is 9.36 Å². The van der Waals surface area contributed by atoms with Crippen LogP contribution >= 0.6 is 0 Å². The molecule has 0 atom stereocenters. The molecule has 2 aromatic carbocycles. The molecular formula is C23H22N6O3. The first-order valence-electron chi connectivity index (χ1n) is 9.96. The van der Waals surface area contributed by atoms with E-state index in [4.69, 9.17) is 9.47 Å². The van der Waals surface area contributed by atoms with E-state index in [1.54, 1.807) is 30.1 Å². The fourth-order valence-corrected chi connectivity index (χ4v) is 3.09. The van der Waals surface area contributed by atoms with E-state index >= 15 is 0 Å². The highest BCUT2D eigenvalue weighted by Crippen LogP contribution is 2.20. The van der Waals surface area contributed by atoms with Gasteiger partial charge >= 0.3 is 0 Å². The van der Waals surface area contributed by atoms with Crippen LogP contribution in [0.5, 0.6) is 5.75 Å². The van der Waals surface area contributed by atoms with E-state index in [-0.39, 0.29) is 5.91 Å². The number of imidazole rings is 1. The summed E-state index contributed by atoms with van der Waals surface area (Å²) in [7, 11) is 1.64. The maximum absolute atomic E-state index is 11.5. The normalized spacial score (nSPS) is 10.8. The fraction of sp³-hybridized carbons (Fsp3) is 0.174. The first-order valence-corrected chi connectivity index (χ1v) is 9.96. The van der Waals surface area contributed by atoms with E-state index < -0.39 is 0 Å². The Bertz CT molecular complexity index is 1240. The molecule has 32 heavy (non-hydrogen) atoms. The molecule has 0 radical (unpaired) electrons. The van der Waals surface area contributed by atoms with Crippen LogP contribution in [-0.4, -0.2) is 50.7 Å². The second-order valence-electron chi connectivity index (χ2n) is 6.88. The van der Waals surface area contributed by atoms with E-state index in [0.29, 0.717) is 42.6 Å². The van der Waals surface area contributed by atoms with Crippen molar-refractivity contribution in [3.05, 3.63) is 79.2 Å². The molecule has 0 aliphatic heterocycles. The van der Waals surface area contributed by atoms with Gasteiger partial charge in [-0.05, 0) is 42.0 Å². The van der Waals surface area contributed by atoms with E-state index in [1.165, 1.54) is 12.4 Å². The lowest BCUT2D eigenvalue weighted by Gasteiger charge is -2.07. The number of amides is 1. The first-order chi connectivity index (χ1) is 15.7. The quantitative estimate of drug-likeness (QED) is 0.322. The molecule has 4 rings (SSSR count). The van der Waals surface area contributed by atoms with Crippen molar-refractivity contribution in [3.63, 3.8) is 0 Å². The van der Waals surface area contributed by atoms with Gasteiger partial charge in [-0.15, -0.1) is 0 Å². The predicted octanol–water partition coefficient (Wildman–Crippen LogP) is 2.95. The minimum Gasteiger partial charge on any atom is -0.491 e. The SMILES string of the molecule is C=CC(=O)Nc1ccc2c(c1)ncn2-c1ncnc(Cc2ccc(OCCOC)cc2)n1. The van der Waals surface area contributed by atoms with Gasteiger partial charge in [0.25, 0.3) is 0 Å². The van der Waals surface area contributed by atoms with Gasteiger partial charge in [-0.25, -0.2) is 15.0 Å². The molecule has 1 N–H and O–H groups in total. The Balaban J connectivity index is 1.51. The summed E-state index contributed by atoms with van der Waals surface area (Å²) in [4.78, 5) is 29.1. The van der Waals surface area contributed by atoms with Crippen molar-refractivity contribution in [2.75, 3.05) is 25.6 Å². The molecule has 0 aliphatic rings. The number of nitrogens with one attached hydrogen (secondary N) is 1. The number of aromatic nitrogens is 5. The Hall–Kier alpha value is -4.11. The number of hydrogen-bond donors (Lipinski definition) is 1. The summed E-state index contributed by atoms with van der Waals surface area (Å²) in [5, 5.41) is 2.72. The highest BCUT2D eigenvalue weighted by atomic mass is 16.5. The standard InChI is InChI=1S/C23H22N6O3/c1-3-22(30)27-17-6-9-20-19(13-17)26-15-29(20)23-25-14-24-21(28-23)12-16-4-7-18(8-5-16)32-11-10-31-2/h3-9,13-15H,1,10-12H2,2H3,(H,27,30). The second kappa shape index (κ2) is 9.80. The van der Waals surface area contributed by atoms with Gasteiger partial charge in [0.2, 0.25) is 11.9 Å². The van der Waals surface area contributed by atoms with Gasteiger partial charge in [-0.1, -0.05) is 18.7 Å². The Morgan fingerprint density at radius 3 is 2.75 bits per heavy atom. The highest BCUT2D eigenvalue weighted by Gasteiger charge is 2.10. The lowest BCUT2D eigenvalue weighted by molar-refractivity contribution is -0.111. The van der Waals surface area contributed by atoms with Gasteiger partial charge in [0, 0.05) is 19.2 Å². The van der Waals surface area contributed by atoms with Crippen LogP contribution in [0.4, 0.5) is 5.69 Å².